The monoisotopic (exact) mass is 315 g/mol. The molecule has 7 nitrogen and oxygen atoms in total. The molecule has 1 unspecified atom stereocenters. The molecular weight excluding hydrogens is 294 g/mol. The van der Waals surface area contributed by atoms with Crippen LogP contribution in [0.1, 0.15) is 27.2 Å². The smallest absolute Gasteiger partial charge is 0.289 e. The van der Waals surface area contributed by atoms with Crippen molar-refractivity contribution in [2.75, 3.05) is 12.4 Å². The van der Waals surface area contributed by atoms with Crippen LogP contribution in [-0.2, 0) is 10.0 Å². The molecule has 0 heterocycles. The maximum Gasteiger partial charge on any atom is 0.289 e. The van der Waals surface area contributed by atoms with Crippen LogP contribution in [0.2, 0.25) is 0 Å². The highest BCUT2D eigenvalue weighted by molar-refractivity contribution is 7.89. The quantitative estimate of drug-likeness (QED) is 0.594. The van der Waals surface area contributed by atoms with Gasteiger partial charge in [-0.25, -0.2) is 13.1 Å². The van der Waals surface area contributed by atoms with Crippen LogP contribution in [0.25, 0.3) is 0 Å². The van der Waals surface area contributed by atoms with E-state index in [0.29, 0.717) is 18.0 Å². The molecule has 0 bridgehead atoms. The second-order valence-corrected chi connectivity index (χ2v) is 7.02. The van der Waals surface area contributed by atoms with Gasteiger partial charge in [0.2, 0.25) is 10.0 Å². The van der Waals surface area contributed by atoms with Gasteiger partial charge in [-0.3, -0.25) is 10.1 Å². The van der Waals surface area contributed by atoms with E-state index in [-0.39, 0.29) is 10.9 Å². The second-order valence-electron chi connectivity index (χ2n) is 5.34. The summed E-state index contributed by atoms with van der Waals surface area (Å²) in [5, 5.41) is 13.8. The van der Waals surface area contributed by atoms with Gasteiger partial charge in [0.15, 0.2) is 4.90 Å². The van der Waals surface area contributed by atoms with Crippen molar-refractivity contribution in [2.24, 2.45) is 5.92 Å². The van der Waals surface area contributed by atoms with Crippen molar-refractivity contribution in [2.45, 2.75) is 38.1 Å². The molecule has 1 atom stereocenters. The summed E-state index contributed by atoms with van der Waals surface area (Å²) in [7, 11) is -2.33. The first-order valence-corrected chi connectivity index (χ1v) is 8.14. The van der Waals surface area contributed by atoms with Gasteiger partial charge in [0.25, 0.3) is 5.69 Å². The maximum absolute atomic E-state index is 12.4. The Hall–Kier alpha value is -1.67. The number of benzene rings is 1. The maximum atomic E-state index is 12.4. The minimum Gasteiger partial charge on any atom is -0.388 e. The standard InChI is InChI=1S/C13H21N3O4S/c1-9(2)7-10(3)15-21(19,20)13-8-11(14-4)5-6-12(13)16(17)18/h5-6,8-10,14-15H,7H2,1-4H3. The molecule has 0 aliphatic heterocycles. The highest BCUT2D eigenvalue weighted by atomic mass is 32.2. The van der Waals surface area contributed by atoms with E-state index in [1.54, 1.807) is 14.0 Å². The van der Waals surface area contributed by atoms with Crippen molar-refractivity contribution >= 4 is 21.4 Å². The molecule has 0 fully saturated rings. The zero-order chi connectivity index (χ0) is 16.2. The molecule has 21 heavy (non-hydrogen) atoms. The summed E-state index contributed by atoms with van der Waals surface area (Å²) in [6, 6.07) is 3.62. The zero-order valence-corrected chi connectivity index (χ0v) is 13.4. The molecule has 2 N–H and O–H groups in total. The number of nitrogens with one attached hydrogen (secondary N) is 2. The Kier molecular flexibility index (Phi) is 5.68. The van der Waals surface area contributed by atoms with E-state index in [0.717, 1.165) is 0 Å². The number of hydrogen-bond donors (Lipinski definition) is 2. The summed E-state index contributed by atoms with van der Waals surface area (Å²) < 4.78 is 27.2. The molecule has 0 aromatic heterocycles. The highest BCUT2D eigenvalue weighted by Crippen LogP contribution is 2.27. The average Bonchev–Trinajstić information content (AvgIpc) is 2.36. The van der Waals surface area contributed by atoms with Crippen molar-refractivity contribution in [3.8, 4) is 0 Å². The lowest BCUT2D eigenvalue weighted by atomic mass is 10.1. The Morgan fingerprint density at radius 3 is 2.38 bits per heavy atom. The zero-order valence-electron chi connectivity index (χ0n) is 12.6. The van der Waals surface area contributed by atoms with Gasteiger partial charge in [0.1, 0.15) is 0 Å². The summed E-state index contributed by atoms with van der Waals surface area (Å²) in [6.07, 6.45) is 0.652. The number of nitro benzene ring substituents is 1. The molecule has 0 radical (unpaired) electrons. The lowest BCUT2D eigenvalue weighted by molar-refractivity contribution is -0.387. The Labute approximate surface area is 124 Å². The van der Waals surface area contributed by atoms with E-state index in [1.807, 2.05) is 13.8 Å². The van der Waals surface area contributed by atoms with E-state index in [2.05, 4.69) is 10.0 Å². The normalized spacial score (nSPS) is 13.2. The summed E-state index contributed by atoms with van der Waals surface area (Å²) in [6.45, 7) is 5.70. The van der Waals surface area contributed by atoms with Crippen molar-refractivity contribution in [1.82, 2.24) is 4.72 Å². The largest absolute Gasteiger partial charge is 0.388 e. The fourth-order valence-corrected chi connectivity index (χ4v) is 3.57. The summed E-state index contributed by atoms with van der Waals surface area (Å²) in [5.41, 5.74) is 0.0655. The van der Waals surface area contributed by atoms with Gasteiger partial charge in [-0.15, -0.1) is 0 Å². The molecule has 8 heteroatoms. The molecule has 0 amide bonds. The van der Waals surface area contributed by atoms with Crippen molar-refractivity contribution in [3.05, 3.63) is 28.3 Å². The van der Waals surface area contributed by atoms with Crippen LogP contribution in [0.3, 0.4) is 0 Å². The third-order valence-corrected chi connectivity index (χ3v) is 4.53. The summed E-state index contributed by atoms with van der Waals surface area (Å²) >= 11 is 0. The van der Waals surface area contributed by atoms with E-state index in [1.165, 1.54) is 18.2 Å². The van der Waals surface area contributed by atoms with Crippen LogP contribution in [0.5, 0.6) is 0 Å². The van der Waals surface area contributed by atoms with Gasteiger partial charge in [0, 0.05) is 24.8 Å². The Bertz CT molecular complexity index is 614. The van der Waals surface area contributed by atoms with Crippen LogP contribution < -0.4 is 10.0 Å². The molecule has 0 saturated heterocycles. The third-order valence-electron chi connectivity index (χ3n) is 2.92. The van der Waals surface area contributed by atoms with Gasteiger partial charge < -0.3 is 5.32 Å². The fraction of sp³-hybridized carbons (Fsp3) is 0.538. The Morgan fingerprint density at radius 1 is 1.29 bits per heavy atom. The Morgan fingerprint density at radius 2 is 1.90 bits per heavy atom. The Balaban J connectivity index is 3.20. The molecule has 118 valence electrons. The van der Waals surface area contributed by atoms with Crippen molar-refractivity contribution in [1.29, 1.82) is 0 Å². The predicted molar refractivity (Wildman–Crippen MR) is 81.9 cm³/mol. The fourth-order valence-electron chi connectivity index (χ4n) is 2.12. The minimum absolute atomic E-state index is 0.298. The molecule has 1 aromatic rings. The van der Waals surface area contributed by atoms with Crippen LogP contribution in [0.15, 0.2) is 23.1 Å². The number of anilines is 1. The molecule has 1 aromatic carbocycles. The number of hydrogen-bond acceptors (Lipinski definition) is 5. The van der Waals surface area contributed by atoms with E-state index in [4.69, 9.17) is 0 Å². The molecular formula is C13H21N3O4S. The van der Waals surface area contributed by atoms with Gasteiger partial charge in [-0.1, -0.05) is 13.8 Å². The molecule has 0 spiro atoms. The topological polar surface area (TPSA) is 101 Å². The van der Waals surface area contributed by atoms with E-state index in [9.17, 15) is 18.5 Å². The van der Waals surface area contributed by atoms with E-state index >= 15 is 0 Å². The van der Waals surface area contributed by atoms with Gasteiger partial charge in [-0.2, -0.15) is 0 Å². The lowest BCUT2D eigenvalue weighted by Gasteiger charge is -2.16. The number of nitro groups is 1. The number of nitrogens with zero attached hydrogens (tertiary/aromatic N) is 1. The first-order valence-electron chi connectivity index (χ1n) is 6.66. The third kappa shape index (κ3) is 4.68. The summed E-state index contributed by atoms with van der Waals surface area (Å²) in [4.78, 5) is 10.0. The lowest BCUT2D eigenvalue weighted by Crippen LogP contribution is -2.33. The predicted octanol–water partition coefficient (Wildman–Crippen LogP) is 2.35. The van der Waals surface area contributed by atoms with Crippen molar-refractivity contribution in [3.63, 3.8) is 0 Å². The molecule has 0 saturated carbocycles. The number of sulfonamides is 1. The van der Waals surface area contributed by atoms with Gasteiger partial charge >= 0.3 is 0 Å². The molecule has 0 aliphatic carbocycles. The van der Waals surface area contributed by atoms with Gasteiger partial charge in [0.05, 0.1) is 4.92 Å². The second kappa shape index (κ2) is 6.86. The van der Waals surface area contributed by atoms with Gasteiger partial charge in [-0.05, 0) is 31.4 Å². The SMILES string of the molecule is CNc1ccc([N+](=O)[O-])c(S(=O)(=O)NC(C)CC(C)C)c1. The summed E-state index contributed by atoms with van der Waals surface area (Å²) in [5.74, 6) is 0.321. The first kappa shape index (κ1) is 17.4. The minimum atomic E-state index is -3.95. The molecule has 1 rings (SSSR count). The highest BCUT2D eigenvalue weighted by Gasteiger charge is 2.27. The number of rotatable bonds is 7. The van der Waals surface area contributed by atoms with Crippen LogP contribution in [0, 0.1) is 16.0 Å². The first-order chi connectivity index (χ1) is 9.67. The molecule has 0 aliphatic rings. The van der Waals surface area contributed by atoms with Crippen LogP contribution in [0.4, 0.5) is 11.4 Å². The van der Waals surface area contributed by atoms with E-state index < -0.39 is 20.6 Å². The van der Waals surface area contributed by atoms with Crippen molar-refractivity contribution < 1.29 is 13.3 Å². The van der Waals surface area contributed by atoms with Crippen LogP contribution in [-0.4, -0.2) is 26.4 Å². The van der Waals surface area contributed by atoms with Crippen LogP contribution >= 0.6 is 0 Å². The average molecular weight is 315 g/mol.